The van der Waals surface area contributed by atoms with E-state index in [4.69, 9.17) is 10.5 Å². The number of rotatable bonds is 5. The topological polar surface area (TPSA) is 52.3 Å². The van der Waals surface area contributed by atoms with Gasteiger partial charge in [0.05, 0.1) is 12.5 Å². The lowest BCUT2D eigenvalue weighted by Gasteiger charge is -2.45. The molecule has 3 heteroatoms. The monoisotopic (exact) mass is 269 g/mol. The van der Waals surface area contributed by atoms with Gasteiger partial charge in [-0.1, -0.05) is 34.6 Å². The van der Waals surface area contributed by atoms with Crippen LogP contribution in [0.3, 0.4) is 0 Å². The molecule has 1 aliphatic carbocycles. The Morgan fingerprint density at radius 3 is 2.58 bits per heavy atom. The number of hydrogen-bond acceptors (Lipinski definition) is 3. The lowest BCUT2D eigenvalue weighted by atomic mass is 9.61. The molecule has 3 nitrogen and oxygen atoms in total. The molecule has 1 aliphatic rings. The van der Waals surface area contributed by atoms with E-state index in [0.29, 0.717) is 18.4 Å². The first-order chi connectivity index (χ1) is 8.76. The van der Waals surface area contributed by atoms with Gasteiger partial charge in [-0.15, -0.1) is 0 Å². The number of carbonyl (C=O) groups is 1. The van der Waals surface area contributed by atoms with E-state index in [1.807, 2.05) is 0 Å². The van der Waals surface area contributed by atoms with Crippen LogP contribution in [-0.4, -0.2) is 18.6 Å². The molecule has 0 spiro atoms. The first-order valence-electron chi connectivity index (χ1n) is 7.69. The molecule has 0 aromatic heterocycles. The van der Waals surface area contributed by atoms with Crippen molar-refractivity contribution in [3.05, 3.63) is 0 Å². The van der Waals surface area contributed by atoms with E-state index >= 15 is 0 Å². The van der Waals surface area contributed by atoms with E-state index in [9.17, 15) is 4.79 Å². The third-order valence-electron chi connectivity index (χ3n) is 4.96. The van der Waals surface area contributed by atoms with Crippen LogP contribution >= 0.6 is 0 Å². The third-order valence-corrected chi connectivity index (χ3v) is 4.96. The highest BCUT2D eigenvalue weighted by Crippen LogP contribution is 2.44. The minimum absolute atomic E-state index is 0.00125. The molecular formula is C16H31NO2. The lowest BCUT2D eigenvalue weighted by molar-refractivity contribution is -0.157. The summed E-state index contributed by atoms with van der Waals surface area (Å²) in [5.41, 5.74) is 6.06. The van der Waals surface area contributed by atoms with Crippen molar-refractivity contribution in [1.29, 1.82) is 0 Å². The Balaban J connectivity index is 2.47. The Labute approximate surface area is 118 Å². The van der Waals surface area contributed by atoms with Crippen LogP contribution in [0.25, 0.3) is 0 Å². The van der Waals surface area contributed by atoms with Gasteiger partial charge in [-0.3, -0.25) is 4.79 Å². The zero-order valence-electron chi connectivity index (χ0n) is 13.2. The predicted molar refractivity (Wildman–Crippen MR) is 78.7 cm³/mol. The average molecular weight is 269 g/mol. The van der Waals surface area contributed by atoms with Gasteiger partial charge < -0.3 is 10.5 Å². The van der Waals surface area contributed by atoms with Crippen molar-refractivity contribution in [2.75, 3.05) is 6.61 Å². The van der Waals surface area contributed by atoms with E-state index in [-0.39, 0.29) is 23.3 Å². The molecule has 3 unspecified atom stereocenters. The maximum Gasteiger partial charge on any atom is 0.309 e. The standard InChI is InChI=1S/C16H31NO2/c1-11(2)7-6-10-19-15(18)13-8-9-14(17)12(3)16(13,4)5/h11-14H,6-10,17H2,1-5H3. The minimum Gasteiger partial charge on any atom is -0.465 e. The van der Waals surface area contributed by atoms with E-state index in [1.165, 1.54) is 0 Å². The number of carbonyl (C=O) groups excluding carboxylic acids is 1. The summed E-state index contributed by atoms with van der Waals surface area (Å²) in [6, 6.07) is 0.208. The summed E-state index contributed by atoms with van der Waals surface area (Å²) >= 11 is 0. The maximum absolute atomic E-state index is 12.2. The Kier molecular flexibility index (Phi) is 5.84. The van der Waals surface area contributed by atoms with Gasteiger partial charge in [-0.2, -0.15) is 0 Å². The number of esters is 1. The van der Waals surface area contributed by atoms with Gasteiger partial charge in [0.25, 0.3) is 0 Å². The molecule has 1 saturated carbocycles. The number of nitrogens with two attached hydrogens (primary N) is 1. The highest BCUT2D eigenvalue weighted by molar-refractivity contribution is 5.73. The molecule has 0 aromatic carbocycles. The van der Waals surface area contributed by atoms with Crippen molar-refractivity contribution in [3.8, 4) is 0 Å². The van der Waals surface area contributed by atoms with Gasteiger partial charge in [0.1, 0.15) is 0 Å². The second-order valence-corrected chi connectivity index (χ2v) is 7.11. The number of ether oxygens (including phenoxy) is 1. The average Bonchev–Trinajstić information content (AvgIpc) is 2.31. The lowest BCUT2D eigenvalue weighted by Crippen LogP contribution is -2.49. The minimum atomic E-state index is -0.0627. The van der Waals surface area contributed by atoms with Crippen molar-refractivity contribution in [3.63, 3.8) is 0 Å². The molecule has 2 N–H and O–H groups in total. The Hall–Kier alpha value is -0.570. The van der Waals surface area contributed by atoms with Crippen LogP contribution in [0.2, 0.25) is 0 Å². The fourth-order valence-electron chi connectivity index (χ4n) is 3.04. The molecule has 1 rings (SSSR count). The number of hydrogen-bond donors (Lipinski definition) is 1. The molecule has 112 valence electrons. The van der Waals surface area contributed by atoms with Crippen LogP contribution in [0.15, 0.2) is 0 Å². The summed E-state index contributed by atoms with van der Waals surface area (Å²) in [7, 11) is 0. The highest BCUT2D eigenvalue weighted by atomic mass is 16.5. The quantitative estimate of drug-likeness (QED) is 0.615. The normalized spacial score (nSPS) is 30.4. The van der Waals surface area contributed by atoms with Crippen molar-refractivity contribution < 1.29 is 9.53 Å². The van der Waals surface area contributed by atoms with Crippen molar-refractivity contribution in [1.82, 2.24) is 0 Å². The van der Waals surface area contributed by atoms with Crippen molar-refractivity contribution in [2.45, 2.75) is 66.3 Å². The molecule has 0 saturated heterocycles. The fourth-order valence-corrected chi connectivity index (χ4v) is 3.04. The molecule has 3 atom stereocenters. The summed E-state index contributed by atoms with van der Waals surface area (Å²) in [4.78, 5) is 12.2. The second kappa shape index (κ2) is 6.74. The molecular weight excluding hydrogens is 238 g/mol. The van der Waals surface area contributed by atoms with Crippen LogP contribution in [-0.2, 0) is 9.53 Å². The Bertz CT molecular complexity index is 299. The molecule has 0 radical (unpaired) electrons. The largest absolute Gasteiger partial charge is 0.465 e. The summed E-state index contributed by atoms with van der Waals surface area (Å²) < 4.78 is 5.47. The third kappa shape index (κ3) is 4.20. The molecule has 0 heterocycles. The smallest absolute Gasteiger partial charge is 0.309 e. The van der Waals surface area contributed by atoms with Gasteiger partial charge >= 0.3 is 5.97 Å². The van der Waals surface area contributed by atoms with Crippen LogP contribution in [0.5, 0.6) is 0 Å². The van der Waals surface area contributed by atoms with Gasteiger partial charge in [0.15, 0.2) is 0 Å². The Morgan fingerprint density at radius 1 is 1.37 bits per heavy atom. The summed E-state index contributed by atoms with van der Waals surface area (Å²) in [6.45, 7) is 11.4. The van der Waals surface area contributed by atoms with Crippen molar-refractivity contribution in [2.24, 2.45) is 28.9 Å². The van der Waals surface area contributed by atoms with Gasteiger partial charge in [-0.05, 0) is 42.9 Å². The van der Waals surface area contributed by atoms with E-state index in [2.05, 4.69) is 34.6 Å². The second-order valence-electron chi connectivity index (χ2n) is 7.11. The predicted octanol–water partition coefficient (Wildman–Crippen LogP) is 3.37. The summed E-state index contributed by atoms with van der Waals surface area (Å²) in [5.74, 6) is 1.01. The van der Waals surface area contributed by atoms with Crippen LogP contribution < -0.4 is 5.73 Å². The van der Waals surface area contributed by atoms with Gasteiger partial charge in [0, 0.05) is 6.04 Å². The molecule has 19 heavy (non-hydrogen) atoms. The van der Waals surface area contributed by atoms with E-state index in [0.717, 1.165) is 25.7 Å². The van der Waals surface area contributed by atoms with Crippen LogP contribution in [0.4, 0.5) is 0 Å². The van der Waals surface area contributed by atoms with Gasteiger partial charge in [0.2, 0.25) is 0 Å². The first kappa shape index (κ1) is 16.5. The fraction of sp³-hybridized carbons (Fsp3) is 0.938. The molecule has 0 amide bonds. The zero-order chi connectivity index (χ0) is 14.6. The first-order valence-corrected chi connectivity index (χ1v) is 7.69. The summed E-state index contributed by atoms with van der Waals surface area (Å²) in [6.07, 6.45) is 3.87. The molecule has 0 aromatic rings. The Morgan fingerprint density at radius 2 is 2.00 bits per heavy atom. The van der Waals surface area contributed by atoms with Crippen LogP contribution in [0, 0.1) is 23.2 Å². The molecule has 0 bridgehead atoms. The zero-order valence-corrected chi connectivity index (χ0v) is 13.2. The SMILES string of the molecule is CC(C)CCCOC(=O)C1CCC(N)C(C)C1(C)C. The van der Waals surface area contributed by atoms with Crippen LogP contribution in [0.1, 0.15) is 60.3 Å². The van der Waals surface area contributed by atoms with Gasteiger partial charge in [-0.25, -0.2) is 0 Å². The summed E-state index contributed by atoms with van der Waals surface area (Å²) in [5, 5.41) is 0. The maximum atomic E-state index is 12.2. The molecule has 1 fully saturated rings. The van der Waals surface area contributed by atoms with E-state index in [1.54, 1.807) is 0 Å². The van der Waals surface area contributed by atoms with E-state index < -0.39 is 0 Å². The van der Waals surface area contributed by atoms with Crippen molar-refractivity contribution >= 4 is 5.97 Å². The molecule has 0 aliphatic heterocycles. The highest BCUT2D eigenvalue weighted by Gasteiger charge is 2.45.